The van der Waals surface area contributed by atoms with Gasteiger partial charge in [0.2, 0.25) is 0 Å². The number of rotatable bonds is 7. The molecule has 1 atom stereocenters. The van der Waals surface area contributed by atoms with Crippen molar-refractivity contribution < 1.29 is 32.5 Å². The van der Waals surface area contributed by atoms with E-state index in [4.69, 9.17) is 9.47 Å². The lowest BCUT2D eigenvalue weighted by Gasteiger charge is -2.27. The van der Waals surface area contributed by atoms with E-state index in [1.54, 1.807) is 23.6 Å². The van der Waals surface area contributed by atoms with Gasteiger partial charge >= 0.3 is 5.97 Å². The van der Waals surface area contributed by atoms with Crippen LogP contribution >= 0.6 is 0 Å². The second-order valence-corrected chi connectivity index (χ2v) is 8.62. The number of benzene rings is 3. The highest BCUT2D eigenvalue weighted by molar-refractivity contribution is 5.94. The first kappa shape index (κ1) is 23.9. The van der Waals surface area contributed by atoms with Crippen LogP contribution in [0.25, 0.3) is 22.2 Å². The molecule has 0 amide bonds. The molecule has 0 aliphatic carbocycles. The molecule has 0 radical (unpaired) electrons. The quantitative estimate of drug-likeness (QED) is 0.348. The van der Waals surface area contributed by atoms with Gasteiger partial charge in [-0.05, 0) is 60.9 Å². The van der Waals surface area contributed by atoms with Crippen molar-refractivity contribution in [3.63, 3.8) is 0 Å². The van der Waals surface area contributed by atoms with Crippen LogP contribution in [0.5, 0.6) is 5.75 Å². The van der Waals surface area contributed by atoms with Crippen LogP contribution in [0, 0.1) is 17.5 Å². The number of aromatic nitrogens is 2. The van der Waals surface area contributed by atoms with Crippen molar-refractivity contribution in [1.29, 1.82) is 0 Å². The standard InChI is InChI=1S/C27H23F3N2O4/c1-2-35-27(34)17-10-23(30)26-24(11-17)32(14-19-6-7-36-19)25(31-26)12-16-9-22(29)20(13-21(16)28)15-4-3-5-18(33)8-15/h3-5,8-11,13,19,33H,2,6-7,12,14H2,1H3/t19-/m0/s1. The van der Waals surface area contributed by atoms with E-state index >= 15 is 8.78 Å². The number of ether oxygens (including phenoxy) is 2. The molecule has 9 heteroatoms. The van der Waals surface area contributed by atoms with Gasteiger partial charge in [0.25, 0.3) is 0 Å². The molecule has 0 unspecified atom stereocenters. The highest BCUT2D eigenvalue weighted by Gasteiger charge is 2.25. The second-order valence-electron chi connectivity index (χ2n) is 8.62. The zero-order valence-electron chi connectivity index (χ0n) is 19.4. The molecule has 0 spiro atoms. The number of nitrogens with zero attached hydrogens (tertiary/aromatic N) is 2. The first-order valence-corrected chi connectivity index (χ1v) is 11.6. The molecule has 5 rings (SSSR count). The summed E-state index contributed by atoms with van der Waals surface area (Å²) >= 11 is 0. The van der Waals surface area contributed by atoms with Crippen LogP contribution in [0.4, 0.5) is 13.2 Å². The normalized spacial score (nSPS) is 15.2. The van der Waals surface area contributed by atoms with Gasteiger partial charge in [-0.3, -0.25) is 0 Å². The molecule has 0 bridgehead atoms. The molecule has 6 nitrogen and oxygen atoms in total. The lowest BCUT2D eigenvalue weighted by Crippen LogP contribution is -2.31. The van der Waals surface area contributed by atoms with Gasteiger partial charge in [-0.25, -0.2) is 22.9 Å². The van der Waals surface area contributed by atoms with Gasteiger partial charge in [0.15, 0.2) is 5.82 Å². The Morgan fingerprint density at radius 1 is 1.14 bits per heavy atom. The van der Waals surface area contributed by atoms with E-state index in [2.05, 4.69) is 4.98 Å². The summed E-state index contributed by atoms with van der Waals surface area (Å²) in [6.45, 7) is 2.72. The Kier molecular flexibility index (Phi) is 6.40. The van der Waals surface area contributed by atoms with Gasteiger partial charge in [-0.1, -0.05) is 12.1 Å². The van der Waals surface area contributed by atoms with Gasteiger partial charge in [-0.2, -0.15) is 0 Å². The summed E-state index contributed by atoms with van der Waals surface area (Å²) in [6.07, 6.45) is 0.546. The third kappa shape index (κ3) is 4.54. The molecule has 4 aromatic rings. The largest absolute Gasteiger partial charge is 0.508 e. The minimum atomic E-state index is -0.712. The Morgan fingerprint density at radius 3 is 2.64 bits per heavy atom. The number of esters is 1. The fourth-order valence-electron chi connectivity index (χ4n) is 4.32. The summed E-state index contributed by atoms with van der Waals surface area (Å²) in [7, 11) is 0. The number of halogens is 3. The number of hydrogen-bond donors (Lipinski definition) is 1. The van der Waals surface area contributed by atoms with Crippen LogP contribution < -0.4 is 0 Å². The van der Waals surface area contributed by atoms with Crippen molar-refractivity contribution in [2.45, 2.75) is 32.4 Å². The minimum Gasteiger partial charge on any atom is -0.508 e. The van der Waals surface area contributed by atoms with Crippen LogP contribution in [0.3, 0.4) is 0 Å². The first-order valence-electron chi connectivity index (χ1n) is 11.6. The first-order chi connectivity index (χ1) is 17.3. The molecule has 1 saturated heterocycles. The molecule has 0 saturated carbocycles. The Balaban J connectivity index is 1.56. The summed E-state index contributed by atoms with van der Waals surface area (Å²) in [5.41, 5.74) is 0.787. The molecule has 3 aromatic carbocycles. The van der Waals surface area contributed by atoms with Gasteiger partial charge in [0.1, 0.15) is 28.7 Å². The average Bonchev–Trinajstić information content (AvgIpc) is 3.16. The maximum atomic E-state index is 15.1. The van der Waals surface area contributed by atoms with Crippen LogP contribution in [-0.2, 0) is 22.4 Å². The highest BCUT2D eigenvalue weighted by atomic mass is 19.1. The number of phenols is 1. The molecule has 1 aliphatic heterocycles. The molecular weight excluding hydrogens is 473 g/mol. The summed E-state index contributed by atoms with van der Waals surface area (Å²) < 4.78 is 57.3. The number of phenolic OH excluding ortho intramolecular Hbond substituents is 1. The lowest BCUT2D eigenvalue weighted by molar-refractivity contribution is -0.0589. The smallest absolute Gasteiger partial charge is 0.338 e. The SMILES string of the molecule is CCOC(=O)c1cc(F)c2nc(Cc3cc(F)c(-c4cccc(O)c4)cc3F)n(C[C@@H]3CCO3)c2c1. The topological polar surface area (TPSA) is 73.6 Å². The van der Waals surface area contributed by atoms with E-state index in [9.17, 15) is 14.3 Å². The molecular formula is C27H23F3N2O4. The summed E-state index contributed by atoms with van der Waals surface area (Å²) in [5, 5.41) is 9.69. The van der Waals surface area contributed by atoms with Crippen LogP contribution in [0.15, 0.2) is 48.5 Å². The van der Waals surface area contributed by atoms with Crippen LogP contribution in [0.2, 0.25) is 0 Å². The van der Waals surface area contributed by atoms with E-state index in [-0.39, 0.29) is 47.1 Å². The Hall–Kier alpha value is -3.85. The summed E-state index contributed by atoms with van der Waals surface area (Å²) in [6, 6.07) is 10.6. The number of fused-ring (bicyclic) bond motifs is 1. The van der Waals surface area contributed by atoms with E-state index < -0.39 is 23.4 Å². The summed E-state index contributed by atoms with van der Waals surface area (Å²) in [5.74, 6) is -2.46. The van der Waals surface area contributed by atoms with Crippen molar-refractivity contribution in [1.82, 2.24) is 9.55 Å². The second kappa shape index (κ2) is 9.66. The number of carbonyl (C=O) groups excluding carboxylic acids is 1. The number of imidazole rings is 1. The summed E-state index contributed by atoms with van der Waals surface area (Å²) in [4.78, 5) is 16.6. The van der Waals surface area contributed by atoms with E-state index in [0.29, 0.717) is 30.1 Å². The van der Waals surface area contributed by atoms with Crippen LogP contribution in [0.1, 0.15) is 35.1 Å². The van der Waals surface area contributed by atoms with Gasteiger partial charge in [0, 0.05) is 18.6 Å². The van der Waals surface area contributed by atoms with Gasteiger partial charge in [0.05, 0.1) is 30.3 Å². The van der Waals surface area contributed by atoms with E-state index in [1.807, 2.05) is 0 Å². The fraction of sp³-hybridized carbons (Fsp3) is 0.259. The monoisotopic (exact) mass is 496 g/mol. The van der Waals surface area contributed by atoms with Crippen molar-refractivity contribution >= 4 is 17.0 Å². The Bertz CT molecular complexity index is 1460. The maximum absolute atomic E-state index is 15.1. The van der Waals surface area contributed by atoms with Crippen molar-refractivity contribution in [2.24, 2.45) is 0 Å². The average molecular weight is 496 g/mol. The number of aromatic hydroxyl groups is 1. The minimum absolute atomic E-state index is 0.00800. The maximum Gasteiger partial charge on any atom is 0.338 e. The molecule has 1 N–H and O–H groups in total. The third-order valence-electron chi connectivity index (χ3n) is 6.22. The molecule has 1 aliphatic rings. The Morgan fingerprint density at radius 2 is 1.94 bits per heavy atom. The molecule has 36 heavy (non-hydrogen) atoms. The van der Waals surface area contributed by atoms with Crippen LogP contribution in [-0.4, -0.2) is 39.9 Å². The van der Waals surface area contributed by atoms with Gasteiger partial charge < -0.3 is 19.1 Å². The van der Waals surface area contributed by atoms with E-state index in [1.165, 1.54) is 18.2 Å². The van der Waals surface area contributed by atoms with Crippen molar-refractivity contribution in [3.8, 4) is 16.9 Å². The van der Waals surface area contributed by atoms with Crippen molar-refractivity contribution in [3.05, 3.63) is 82.9 Å². The van der Waals surface area contributed by atoms with Gasteiger partial charge in [-0.15, -0.1) is 0 Å². The molecule has 1 aromatic heterocycles. The highest BCUT2D eigenvalue weighted by Crippen LogP contribution is 2.30. The lowest BCUT2D eigenvalue weighted by atomic mass is 10.0. The number of hydrogen-bond acceptors (Lipinski definition) is 5. The molecule has 2 heterocycles. The fourth-order valence-corrected chi connectivity index (χ4v) is 4.32. The number of carbonyl (C=O) groups is 1. The van der Waals surface area contributed by atoms with E-state index in [0.717, 1.165) is 24.6 Å². The predicted molar refractivity (Wildman–Crippen MR) is 126 cm³/mol. The predicted octanol–water partition coefficient (Wildman–Crippen LogP) is 5.38. The molecule has 186 valence electrons. The Labute approximate surface area is 204 Å². The van der Waals surface area contributed by atoms with Crippen molar-refractivity contribution in [2.75, 3.05) is 13.2 Å². The zero-order valence-corrected chi connectivity index (χ0v) is 19.4. The molecule has 1 fully saturated rings. The third-order valence-corrected chi connectivity index (χ3v) is 6.22. The zero-order chi connectivity index (χ0) is 25.4.